The summed E-state index contributed by atoms with van der Waals surface area (Å²) < 4.78 is 0. The van der Waals surface area contributed by atoms with E-state index in [1.54, 1.807) is 50.4 Å². The number of phenols is 1. The van der Waals surface area contributed by atoms with E-state index >= 15 is 0 Å². The van der Waals surface area contributed by atoms with E-state index in [9.17, 15) is 14.7 Å². The van der Waals surface area contributed by atoms with Crippen LogP contribution < -0.4 is 10.7 Å². The zero-order chi connectivity index (χ0) is 17.5. The largest absolute Gasteiger partial charge is 0.507 e. The van der Waals surface area contributed by atoms with Gasteiger partial charge in [0.1, 0.15) is 11.6 Å². The Bertz CT molecular complexity index is 773. The molecule has 2 rings (SSSR count). The fourth-order valence-electron chi connectivity index (χ4n) is 1.94. The van der Waals surface area contributed by atoms with Crippen molar-refractivity contribution < 1.29 is 14.7 Å². The van der Waals surface area contributed by atoms with E-state index in [-0.39, 0.29) is 23.6 Å². The molecule has 0 atom stereocenters. The number of pyridine rings is 1. The van der Waals surface area contributed by atoms with Gasteiger partial charge in [-0.3, -0.25) is 9.59 Å². The number of hydrogen-bond donors (Lipinski definition) is 3. The van der Waals surface area contributed by atoms with Crippen LogP contribution in [0.25, 0.3) is 0 Å². The highest BCUT2D eigenvalue weighted by atomic mass is 16.3. The molecule has 0 aliphatic heterocycles. The molecule has 2 amide bonds. The third-order valence-electron chi connectivity index (χ3n) is 3.18. The van der Waals surface area contributed by atoms with Gasteiger partial charge in [0.15, 0.2) is 0 Å². The monoisotopic (exact) mass is 326 g/mol. The molecule has 0 spiro atoms. The number of para-hydroxylation sites is 1. The highest BCUT2D eigenvalue weighted by Crippen LogP contribution is 2.20. The van der Waals surface area contributed by atoms with Gasteiger partial charge in [0.2, 0.25) is 5.91 Å². The van der Waals surface area contributed by atoms with E-state index in [1.807, 2.05) is 0 Å². The number of aryl methyl sites for hydroxylation is 1. The van der Waals surface area contributed by atoms with Gasteiger partial charge in [-0.25, -0.2) is 10.4 Å². The van der Waals surface area contributed by atoms with Crippen LogP contribution in [-0.4, -0.2) is 27.6 Å². The Hall–Kier alpha value is -3.22. The minimum Gasteiger partial charge on any atom is -0.507 e. The summed E-state index contributed by atoms with van der Waals surface area (Å²) in [5, 5.41) is 16.4. The van der Waals surface area contributed by atoms with Gasteiger partial charge < -0.3 is 10.4 Å². The molecule has 1 aromatic heterocycles. The van der Waals surface area contributed by atoms with Gasteiger partial charge in [0, 0.05) is 11.9 Å². The SMILES string of the molecule is C/C(CC(=O)Nc1ccccn1)=N/NC(=O)c1cccc(C)c1O. The number of carbonyl (C=O) groups is 2. The van der Waals surface area contributed by atoms with Gasteiger partial charge >= 0.3 is 0 Å². The molecule has 124 valence electrons. The molecule has 0 fully saturated rings. The first-order chi connectivity index (χ1) is 11.5. The molecule has 1 aromatic carbocycles. The number of nitrogens with one attached hydrogen (secondary N) is 2. The standard InChI is InChI=1S/C17H18N4O3/c1-11-6-5-7-13(16(11)23)17(24)21-20-12(2)10-15(22)19-14-8-3-4-9-18-14/h3-9,23H,10H2,1-2H3,(H,21,24)(H,18,19,22)/b20-12-. The lowest BCUT2D eigenvalue weighted by molar-refractivity contribution is -0.115. The zero-order valence-corrected chi connectivity index (χ0v) is 13.4. The molecule has 24 heavy (non-hydrogen) atoms. The van der Waals surface area contributed by atoms with Gasteiger partial charge in [-0.15, -0.1) is 0 Å². The minimum absolute atomic E-state index is 0.0106. The van der Waals surface area contributed by atoms with Crippen LogP contribution in [0.5, 0.6) is 5.75 Å². The molecule has 0 saturated heterocycles. The first-order valence-electron chi connectivity index (χ1n) is 7.30. The lowest BCUT2D eigenvalue weighted by atomic mass is 10.1. The molecule has 0 bridgehead atoms. The Labute approximate surface area is 139 Å². The van der Waals surface area contributed by atoms with E-state index in [4.69, 9.17) is 0 Å². The van der Waals surface area contributed by atoms with E-state index in [0.717, 1.165) is 0 Å². The van der Waals surface area contributed by atoms with Crippen LogP contribution in [0.2, 0.25) is 0 Å². The highest BCUT2D eigenvalue weighted by molar-refractivity contribution is 6.06. The summed E-state index contributed by atoms with van der Waals surface area (Å²) in [4.78, 5) is 27.9. The van der Waals surface area contributed by atoms with Gasteiger partial charge in [-0.2, -0.15) is 5.10 Å². The summed E-state index contributed by atoms with van der Waals surface area (Å²) in [6.07, 6.45) is 1.59. The second kappa shape index (κ2) is 7.87. The van der Waals surface area contributed by atoms with Crippen molar-refractivity contribution in [2.24, 2.45) is 5.10 Å². The van der Waals surface area contributed by atoms with Crippen LogP contribution in [0.3, 0.4) is 0 Å². The average molecular weight is 326 g/mol. The fourth-order valence-corrected chi connectivity index (χ4v) is 1.94. The Kier molecular flexibility index (Phi) is 5.62. The first kappa shape index (κ1) is 17.1. The smallest absolute Gasteiger partial charge is 0.275 e. The minimum atomic E-state index is -0.541. The van der Waals surface area contributed by atoms with Crippen LogP contribution in [0.1, 0.15) is 29.3 Å². The van der Waals surface area contributed by atoms with E-state index < -0.39 is 5.91 Å². The third kappa shape index (κ3) is 4.64. The fraction of sp³-hybridized carbons (Fsp3) is 0.176. The van der Waals surface area contributed by atoms with E-state index in [2.05, 4.69) is 20.8 Å². The summed E-state index contributed by atoms with van der Waals surface area (Å²) in [5.41, 5.74) is 3.47. The number of nitrogens with zero attached hydrogens (tertiary/aromatic N) is 2. The Balaban J connectivity index is 1.92. The molecule has 2 aromatic rings. The molecule has 7 heteroatoms. The predicted molar refractivity (Wildman–Crippen MR) is 90.9 cm³/mol. The predicted octanol–water partition coefficient (Wildman–Crippen LogP) is 2.23. The maximum atomic E-state index is 12.0. The van der Waals surface area contributed by atoms with Crippen molar-refractivity contribution in [3.05, 3.63) is 53.7 Å². The lowest BCUT2D eigenvalue weighted by Crippen LogP contribution is -2.21. The Morgan fingerprint density at radius 2 is 2.00 bits per heavy atom. The van der Waals surface area contributed by atoms with Crippen molar-refractivity contribution in [1.82, 2.24) is 10.4 Å². The molecule has 3 N–H and O–H groups in total. The summed E-state index contributed by atoms with van der Waals surface area (Å²) in [6, 6.07) is 10.0. The van der Waals surface area contributed by atoms with Crippen LogP contribution in [-0.2, 0) is 4.79 Å². The molecule has 0 saturated carbocycles. The van der Waals surface area contributed by atoms with Crippen molar-refractivity contribution >= 4 is 23.3 Å². The quantitative estimate of drug-likeness (QED) is 0.579. The van der Waals surface area contributed by atoms with Crippen LogP contribution in [0.15, 0.2) is 47.7 Å². The number of amides is 2. The van der Waals surface area contributed by atoms with Crippen LogP contribution in [0, 0.1) is 6.92 Å². The summed E-state index contributed by atoms with van der Waals surface area (Å²) in [5.74, 6) is -0.469. The normalized spacial score (nSPS) is 11.0. The highest BCUT2D eigenvalue weighted by Gasteiger charge is 2.12. The maximum absolute atomic E-state index is 12.0. The Morgan fingerprint density at radius 3 is 2.71 bits per heavy atom. The van der Waals surface area contributed by atoms with Gasteiger partial charge in [-0.1, -0.05) is 18.2 Å². The lowest BCUT2D eigenvalue weighted by Gasteiger charge is -2.06. The number of hydrogen-bond acceptors (Lipinski definition) is 5. The third-order valence-corrected chi connectivity index (χ3v) is 3.18. The number of carbonyl (C=O) groups excluding carboxylic acids is 2. The van der Waals surface area contributed by atoms with E-state index in [0.29, 0.717) is 17.1 Å². The van der Waals surface area contributed by atoms with Gasteiger partial charge in [0.25, 0.3) is 5.91 Å². The van der Waals surface area contributed by atoms with Crippen LogP contribution in [0.4, 0.5) is 5.82 Å². The molecule has 0 aliphatic carbocycles. The molecular formula is C17H18N4O3. The average Bonchev–Trinajstić information content (AvgIpc) is 2.56. The molecule has 0 unspecified atom stereocenters. The first-order valence-corrected chi connectivity index (χ1v) is 7.30. The maximum Gasteiger partial charge on any atom is 0.275 e. The van der Waals surface area contributed by atoms with Crippen molar-refractivity contribution in [3.63, 3.8) is 0 Å². The second-order valence-electron chi connectivity index (χ2n) is 5.20. The van der Waals surface area contributed by atoms with Gasteiger partial charge in [0.05, 0.1) is 12.0 Å². The summed E-state index contributed by atoms with van der Waals surface area (Å²) in [7, 11) is 0. The topological polar surface area (TPSA) is 104 Å². The van der Waals surface area contributed by atoms with Gasteiger partial charge in [-0.05, 0) is 37.6 Å². The second-order valence-corrected chi connectivity index (χ2v) is 5.20. The van der Waals surface area contributed by atoms with Crippen LogP contribution >= 0.6 is 0 Å². The number of rotatable bonds is 5. The molecule has 0 radical (unpaired) electrons. The number of hydrazone groups is 1. The molecular weight excluding hydrogens is 308 g/mol. The summed E-state index contributed by atoms with van der Waals surface area (Å²) >= 11 is 0. The number of aromatic nitrogens is 1. The van der Waals surface area contributed by atoms with Crippen molar-refractivity contribution in [2.45, 2.75) is 20.3 Å². The number of phenolic OH excluding ortho intramolecular Hbond substituents is 1. The van der Waals surface area contributed by atoms with Crippen molar-refractivity contribution in [1.29, 1.82) is 0 Å². The zero-order valence-electron chi connectivity index (χ0n) is 13.4. The Morgan fingerprint density at radius 1 is 1.21 bits per heavy atom. The number of anilines is 1. The van der Waals surface area contributed by atoms with Crippen molar-refractivity contribution in [2.75, 3.05) is 5.32 Å². The number of benzene rings is 1. The molecule has 7 nitrogen and oxygen atoms in total. The molecule has 0 aliphatic rings. The summed E-state index contributed by atoms with van der Waals surface area (Å²) in [6.45, 7) is 3.32. The van der Waals surface area contributed by atoms with Crippen molar-refractivity contribution in [3.8, 4) is 5.75 Å². The number of aromatic hydroxyl groups is 1. The molecule has 1 heterocycles. The van der Waals surface area contributed by atoms with E-state index in [1.165, 1.54) is 6.07 Å².